The molecule has 174 valence electrons. The monoisotopic (exact) mass is 456 g/mol. The molecule has 7 heteroatoms. The van der Waals surface area contributed by atoms with Crippen LogP contribution in [0.4, 0.5) is 0 Å². The third-order valence-corrected chi connectivity index (χ3v) is 6.84. The Morgan fingerprint density at radius 3 is 2.47 bits per heavy atom. The number of rotatable bonds is 6. The largest absolute Gasteiger partial charge is 0.333 e. The minimum absolute atomic E-state index is 0.184. The van der Waals surface area contributed by atoms with Crippen LogP contribution in [0.25, 0.3) is 11.2 Å². The van der Waals surface area contributed by atoms with Gasteiger partial charge in [-0.25, -0.2) is 9.78 Å². The summed E-state index contributed by atoms with van der Waals surface area (Å²) >= 11 is 0. The fourth-order valence-electron chi connectivity index (χ4n) is 4.98. The average Bonchev–Trinajstić information content (AvgIpc) is 3.52. The molecule has 0 N–H and O–H groups in total. The van der Waals surface area contributed by atoms with Gasteiger partial charge in [-0.15, -0.1) is 0 Å². The maximum absolute atomic E-state index is 13.6. The fraction of sp³-hybridized carbons (Fsp3) is 0.333. The second-order valence-corrected chi connectivity index (χ2v) is 9.25. The molecule has 1 saturated carbocycles. The molecular formula is C27H28N4O3. The van der Waals surface area contributed by atoms with Crippen LogP contribution in [0, 0.1) is 13.8 Å². The summed E-state index contributed by atoms with van der Waals surface area (Å²) in [6.07, 6.45) is 5.84. The van der Waals surface area contributed by atoms with E-state index in [1.807, 2.05) is 66.9 Å². The zero-order valence-electron chi connectivity index (χ0n) is 19.5. The van der Waals surface area contributed by atoms with Gasteiger partial charge in [-0.2, -0.15) is 0 Å². The van der Waals surface area contributed by atoms with Gasteiger partial charge in [0.15, 0.2) is 16.9 Å². The summed E-state index contributed by atoms with van der Waals surface area (Å²) in [5.74, 6) is -0.252. The van der Waals surface area contributed by atoms with Gasteiger partial charge in [0.25, 0.3) is 5.56 Å². The predicted octanol–water partition coefficient (Wildman–Crippen LogP) is 4.02. The van der Waals surface area contributed by atoms with Gasteiger partial charge in [0, 0.05) is 11.6 Å². The molecule has 0 radical (unpaired) electrons. The van der Waals surface area contributed by atoms with Gasteiger partial charge in [-0.3, -0.25) is 18.7 Å². The van der Waals surface area contributed by atoms with E-state index in [9.17, 15) is 14.4 Å². The van der Waals surface area contributed by atoms with Crippen molar-refractivity contribution in [2.45, 2.75) is 58.7 Å². The van der Waals surface area contributed by atoms with E-state index >= 15 is 0 Å². The van der Waals surface area contributed by atoms with Crippen molar-refractivity contribution >= 4 is 16.9 Å². The van der Waals surface area contributed by atoms with E-state index in [0.717, 1.165) is 46.9 Å². The van der Waals surface area contributed by atoms with Crippen LogP contribution in [0.1, 0.15) is 58.8 Å². The van der Waals surface area contributed by atoms with E-state index in [-0.39, 0.29) is 24.9 Å². The van der Waals surface area contributed by atoms with E-state index in [2.05, 4.69) is 4.98 Å². The van der Waals surface area contributed by atoms with Crippen molar-refractivity contribution in [3.63, 3.8) is 0 Å². The standard InChI is InChI=1S/C27H28N4O3/c1-18-12-13-19(2)22(14-18)23(32)16-30-26(33)24-25(28-17-31(24)21-10-6-7-11-21)29(27(30)34)15-20-8-4-3-5-9-20/h3-5,8-9,12-14,17,21H,6-7,10-11,15-16H2,1-2H3. The molecule has 2 aromatic carbocycles. The molecule has 0 amide bonds. The second-order valence-electron chi connectivity index (χ2n) is 9.25. The van der Waals surface area contributed by atoms with Crippen molar-refractivity contribution in [3.05, 3.63) is 98.0 Å². The Bertz CT molecular complexity index is 1490. The van der Waals surface area contributed by atoms with Gasteiger partial charge < -0.3 is 4.57 Å². The van der Waals surface area contributed by atoms with Crippen molar-refractivity contribution < 1.29 is 4.79 Å². The van der Waals surface area contributed by atoms with Gasteiger partial charge in [0.1, 0.15) is 0 Å². The number of hydrogen-bond acceptors (Lipinski definition) is 4. The highest BCUT2D eigenvalue weighted by molar-refractivity contribution is 5.97. The molecule has 0 spiro atoms. The maximum atomic E-state index is 13.6. The molecule has 0 saturated heterocycles. The molecule has 2 heterocycles. The zero-order chi connectivity index (χ0) is 23.8. The molecule has 2 aromatic heterocycles. The van der Waals surface area contributed by atoms with Crippen molar-refractivity contribution in [2.24, 2.45) is 0 Å². The lowest BCUT2D eigenvalue weighted by Gasteiger charge is -2.15. The highest BCUT2D eigenvalue weighted by Crippen LogP contribution is 2.31. The first kappa shape index (κ1) is 22.1. The highest BCUT2D eigenvalue weighted by Gasteiger charge is 2.25. The molecule has 0 atom stereocenters. The van der Waals surface area contributed by atoms with Crippen molar-refractivity contribution in [2.75, 3.05) is 0 Å². The Morgan fingerprint density at radius 2 is 1.74 bits per heavy atom. The molecule has 1 fully saturated rings. The van der Waals surface area contributed by atoms with Crippen LogP contribution in [0.15, 0.2) is 64.4 Å². The molecule has 0 bridgehead atoms. The number of nitrogens with zero attached hydrogens (tertiary/aromatic N) is 4. The van der Waals surface area contributed by atoms with E-state index in [1.54, 1.807) is 6.33 Å². The summed E-state index contributed by atoms with van der Waals surface area (Å²) in [6, 6.07) is 15.4. The summed E-state index contributed by atoms with van der Waals surface area (Å²) in [6.45, 7) is 3.75. The smallest absolute Gasteiger partial charge is 0.322 e. The Kier molecular flexibility index (Phi) is 5.77. The van der Waals surface area contributed by atoms with Crippen molar-refractivity contribution in [1.82, 2.24) is 18.7 Å². The Labute approximate surface area is 197 Å². The lowest BCUT2D eigenvalue weighted by atomic mass is 10.0. The van der Waals surface area contributed by atoms with Crippen molar-refractivity contribution in [1.29, 1.82) is 0 Å². The topological polar surface area (TPSA) is 78.9 Å². The van der Waals surface area contributed by atoms with Gasteiger partial charge in [-0.1, -0.05) is 60.9 Å². The summed E-state index contributed by atoms with van der Waals surface area (Å²) < 4.78 is 4.53. The Hall–Kier alpha value is -3.74. The lowest BCUT2D eigenvalue weighted by molar-refractivity contribution is 0.0968. The molecule has 7 nitrogen and oxygen atoms in total. The quantitative estimate of drug-likeness (QED) is 0.411. The van der Waals surface area contributed by atoms with Crippen LogP contribution in [-0.4, -0.2) is 24.5 Å². The number of benzene rings is 2. The SMILES string of the molecule is Cc1ccc(C)c(C(=O)Cn2c(=O)c3c(ncn3C3CCCC3)n(Cc3ccccc3)c2=O)c1. The van der Waals surface area contributed by atoms with Crippen LogP contribution in [0.5, 0.6) is 0 Å². The first-order valence-electron chi connectivity index (χ1n) is 11.8. The van der Waals surface area contributed by atoms with Crippen LogP contribution in [0.2, 0.25) is 0 Å². The van der Waals surface area contributed by atoms with Crippen molar-refractivity contribution in [3.8, 4) is 0 Å². The van der Waals surface area contributed by atoms with Gasteiger partial charge in [0.2, 0.25) is 0 Å². The van der Waals surface area contributed by atoms with Crippen LogP contribution in [-0.2, 0) is 13.1 Å². The number of aromatic nitrogens is 4. The molecule has 4 aromatic rings. The third kappa shape index (κ3) is 3.91. The molecule has 0 aliphatic heterocycles. The first-order valence-corrected chi connectivity index (χ1v) is 11.8. The van der Waals surface area contributed by atoms with Gasteiger partial charge in [-0.05, 0) is 43.9 Å². The van der Waals surface area contributed by atoms with E-state index in [0.29, 0.717) is 16.7 Å². The number of aryl methyl sites for hydroxylation is 2. The number of ketones is 1. The summed E-state index contributed by atoms with van der Waals surface area (Å²) in [5.41, 5.74) is 3.04. The highest BCUT2D eigenvalue weighted by atomic mass is 16.2. The minimum Gasteiger partial charge on any atom is -0.322 e. The number of carbonyl (C=O) groups is 1. The summed E-state index contributed by atoms with van der Waals surface area (Å²) in [7, 11) is 0. The molecular weight excluding hydrogens is 428 g/mol. The number of hydrogen-bond donors (Lipinski definition) is 0. The van der Waals surface area contributed by atoms with E-state index in [1.165, 1.54) is 4.57 Å². The molecule has 1 aliphatic carbocycles. The molecule has 5 rings (SSSR count). The first-order chi connectivity index (χ1) is 16.4. The second kappa shape index (κ2) is 8.89. The number of imidazole rings is 1. The Balaban J connectivity index is 1.68. The summed E-state index contributed by atoms with van der Waals surface area (Å²) in [5, 5.41) is 0. The third-order valence-electron chi connectivity index (χ3n) is 6.84. The molecule has 34 heavy (non-hydrogen) atoms. The fourth-order valence-corrected chi connectivity index (χ4v) is 4.98. The van der Waals surface area contributed by atoms with Gasteiger partial charge in [0.05, 0.1) is 19.4 Å². The summed E-state index contributed by atoms with van der Waals surface area (Å²) in [4.78, 5) is 45.0. The van der Waals surface area contributed by atoms with E-state index < -0.39 is 11.2 Å². The van der Waals surface area contributed by atoms with Crippen LogP contribution in [0.3, 0.4) is 0 Å². The van der Waals surface area contributed by atoms with Crippen LogP contribution >= 0.6 is 0 Å². The minimum atomic E-state index is -0.517. The maximum Gasteiger partial charge on any atom is 0.333 e. The average molecular weight is 457 g/mol. The van der Waals surface area contributed by atoms with Gasteiger partial charge >= 0.3 is 5.69 Å². The predicted molar refractivity (Wildman–Crippen MR) is 132 cm³/mol. The molecule has 0 unspecified atom stereocenters. The van der Waals surface area contributed by atoms with Crippen LogP contribution < -0.4 is 11.2 Å². The number of fused-ring (bicyclic) bond motifs is 1. The lowest BCUT2D eigenvalue weighted by Crippen LogP contribution is -2.42. The Morgan fingerprint density at radius 1 is 1.00 bits per heavy atom. The van der Waals surface area contributed by atoms with E-state index in [4.69, 9.17) is 0 Å². The normalized spacial score (nSPS) is 14.2. The molecule has 1 aliphatic rings. The zero-order valence-corrected chi connectivity index (χ0v) is 19.5. The number of Topliss-reactive ketones (excluding diaryl/α,β-unsaturated/α-hetero) is 1. The number of carbonyl (C=O) groups excluding carboxylic acids is 1.